The number of anilines is 1. The molecule has 2 fully saturated rings. The number of carbonyl (C=O) groups excluding carboxylic acids is 1. The third kappa shape index (κ3) is 4.58. The van der Waals surface area contributed by atoms with Crippen molar-refractivity contribution in [3.8, 4) is 0 Å². The number of benzene rings is 1. The summed E-state index contributed by atoms with van der Waals surface area (Å²) in [6.45, 7) is 6.40. The van der Waals surface area contributed by atoms with E-state index in [0.717, 1.165) is 6.42 Å². The number of likely N-dealkylation sites (tertiary alicyclic amines) is 1. The van der Waals surface area contributed by atoms with Gasteiger partial charge in [-0.2, -0.15) is 0 Å². The molecule has 0 spiro atoms. The third-order valence-electron chi connectivity index (χ3n) is 5.52. The van der Waals surface area contributed by atoms with E-state index in [0.29, 0.717) is 55.6 Å². The fourth-order valence-corrected chi connectivity index (χ4v) is 6.31. The molecule has 150 valence electrons. The van der Waals surface area contributed by atoms with Crippen molar-refractivity contribution < 1.29 is 13.2 Å². The van der Waals surface area contributed by atoms with E-state index in [9.17, 15) is 13.2 Å². The first-order valence-corrected chi connectivity index (χ1v) is 11.5. The van der Waals surface area contributed by atoms with Crippen LogP contribution in [0.5, 0.6) is 0 Å². The van der Waals surface area contributed by atoms with E-state index < -0.39 is 10.0 Å². The minimum atomic E-state index is -3.27. The van der Waals surface area contributed by atoms with Crippen LogP contribution in [0.25, 0.3) is 0 Å². The SMILES string of the molecule is CC(C)CCN1C[C@H]2CCN(C(=O)Nc3ccccc3Cl)CC[C@H]2S1(=O)=O. The Kier molecular flexibility index (Phi) is 6.33. The summed E-state index contributed by atoms with van der Waals surface area (Å²) in [7, 11) is -3.27. The van der Waals surface area contributed by atoms with Crippen molar-refractivity contribution in [3.05, 3.63) is 29.3 Å². The van der Waals surface area contributed by atoms with Gasteiger partial charge in [-0.05, 0) is 43.2 Å². The van der Waals surface area contributed by atoms with Crippen molar-refractivity contribution in [2.24, 2.45) is 11.8 Å². The zero-order valence-corrected chi connectivity index (χ0v) is 17.5. The molecule has 2 amide bonds. The number of amides is 2. The minimum absolute atomic E-state index is 0.0975. The Hall–Kier alpha value is -1.31. The second-order valence-corrected chi connectivity index (χ2v) is 10.4. The topological polar surface area (TPSA) is 69.7 Å². The van der Waals surface area contributed by atoms with Gasteiger partial charge in [-0.15, -0.1) is 0 Å². The summed E-state index contributed by atoms with van der Waals surface area (Å²) in [6, 6.07) is 6.87. The highest BCUT2D eigenvalue weighted by molar-refractivity contribution is 7.90. The molecule has 0 radical (unpaired) electrons. The summed E-state index contributed by atoms with van der Waals surface area (Å²) in [5, 5.41) is 2.95. The molecule has 1 aromatic carbocycles. The highest BCUT2D eigenvalue weighted by Gasteiger charge is 2.46. The molecular weight excluding hydrogens is 386 g/mol. The average molecular weight is 414 g/mol. The maximum Gasteiger partial charge on any atom is 0.321 e. The number of halogens is 1. The monoisotopic (exact) mass is 413 g/mol. The van der Waals surface area contributed by atoms with E-state index in [1.54, 1.807) is 27.4 Å². The molecule has 2 aliphatic rings. The highest BCUT2D eigenvalue weighted by Crippen LogP contribution is 2.34. The summed E-state index contributed by atoms with van der Waals surface area (Å²) >= 11 is 6.10. The van der Waals surface area contributed by atoms with E-state index in [-0.39, 0.29) is 17.2 Å². The fourth-order valence-electron chi connectivity index (χ4n) is 3.88. The number of nitrogens with zero attached hydrogens (tertiary/aromatic N) is 2. The second kappa shape index (κ2) is 8.37. The fraction of sp³-hybridized carbons (Fsp3) is 0.632. The molecule has 3 rings (SSSR count). The van der Waals surface area contributed by atoms with Crippen molar-refractivity contribution in [3.63, 3.8) is 0 Å². The first kappa shape index (κ1) is 20.4. The molecule has 2 aliphatic heterocycles. The van der Waals surface area contributed by atoms with Gasteiger partial charge in [0.25, 0.3) is 0 Å². The van der Waals surface area contributed by atoms with E-state index in [1.165, 1.54) is 0 Å². The number of fused-ring (bicyclic) bond motifs is 1. The number of hydrogen-bond acceptors (Lipinski definition) is 3. The first-order valence-electron chi connectivity index (χ1n) is 9.58. The van der Waals surface area contributed by atoms with E-state index >= 15 is 0 Å². The lowest BCUT2D eigenvalue weighted by Gasteiger charge is -2.23. The zero-order chi connectivity index (χ0) is 19.6. The molecule has 27 heavy (non-hydrogen) atoms. The lowest BCUT2D eigenvalue weighted by atomic mass is 10.0. The predicted molar refractivity (Wildman–Crippen MR) is 109 cm³/mol. The van der Waals surface area contributed by atoms with Crippen LogP contribution in [-0.2, 0) is 10.0 Å². The summed E-state index contributed by atoms with van der Waals surface area (Å²) < 4.78 is 27.5. The molecule has 1 aromatic rings. The summed E-state index contributed by atoms with van der Waals surface area (Å²) in [5.41, 5.74) is 0.570. The third-order valence-corrected chi connectivity index (χ3v) is 8.29. The molecule has 0 bridgehead atoms. The van der Waals surface area contributed by atoms with Gasteiger partial charge in [-0.1, -0.05) is 37.6 Å². The number of para-hydroxylation sites is 1. The molecule has 2 saturated heterocycles. The van der Waals surface area contributed by atoms with Crippen LogP contribution in [-0.4, -0.2) is 55.1 Å². The lowest BCUT2D eigenvalue weighted by molar-refractivity contribution is 0.212. The van der Waals surface area contributed by atoms with Gasteiger partial charge in [0.15, 0.2) is 0 Å². The normalized spacial score (nSPS) is 25.3. The summed E-state index contributed by atoms with van der Waals surface area (Å²) in [5.74, 6) is 0.579. The van der Waals surface area contributed by atoms with Crippen LogP contribution in [0.15, 0.2) is 24.3 Å². The summed E-state index contributed by atoms with van der Waals surface area (Å²) in [6.07, 6.45) is 2.07. The van der Waals surface area contributed by atoms with Gasteiger partial charge in [0.2, 0.25) is 10.0 Å². The van der Waals surface area contributed by atoms with Crippen molar-refractivity contribution in [2.75, 3.05) is 31.5 Å². The molecule has 1 N–H and O–H groups in total. The molecule has 8 heteroatoms. The average Bonchev–Trinajstić information content (AvgIpc) is 2.75. The van der Waals surface area contributed by atoms with Gasteiger partial charge in [0, 0.05) is 26.2 Å². The molecule has 0 aromatic heterocycles. The van der Waals surface area contributed by atoms with Gasteiger partial charge in [-0.25, -0.2) is 17.5 Å². The molecule has 0 aliphatic carbocycles. The van der Waals surface area contributed by atoms with Gasteiger partial charge >= 0.3 is 6.03 Å². The van der Waals surface area contributed by atoms with Crippen molar-refractivity contribution >= 4 is 33.3 Å². The quantitative estimate of drug-likeness (QED) is 0.819. The maximum absolute atomic E-state index is 12.9. The predicted octanol–water partition coefficient (Wildman–Crippen LogP) is 3.64. The molecule has 2 heterocycles. The molecule has 0 unspecified atom stereocenters. The Morgan fingerprint density at radius 1 is 1.26 bits per heavy atom. The number of carbonyl (C=O) groups is 1. The lowest BCUT2D eigenvalue weighted by Crippen LogP contribution is -2.37. The van der Waals surface area contributed by atoms with Crippen LogP contribution in [0.4, 0.5) is 10.5 Å². The largest absolute Gasteiger partial charge is 0.324 e. The molecule has 2 atom stereocenters. The highest BCUT2D eigenvalue weighted by atomic mass is 35.5. The Balaban J connectivity index is 1.62. The van der Waals surface area contributed by atoms with Gasteiger partial charge in [0.1, 0.15) is 0 Å². The van der Waals surface area contributed by atoms with Gasteiger partial charge < -0.3 is 10.2 Å². The standard InChI is InChI=1S/C19H28ClN3O3S/c1-14(2)7-12-23-13-15-8-10-22(11-9-18(15)27(23,25)26)19(24)21-17-6-4-3-5-16(17)20/h3-6,14-15,18H,7-13H2,1-2H3,(H,21,24)/t15-,18-/m1/s1. The van der Waals surface area contributed by atoms with E-state index in [2.05, 4.69) is 19.2 Å². The van der Waals surface area contributed by atoms with Crippen molar-refractivity contribution in [2.45, 2.75) is 38.4 Å². The Morgan fingerprint density at radius 3 is 2.67 bits per heavy atom. The molecular formula is C19H28ClN3O3S. The molecule has 6 nitrogen and oxygen atoms in total. The minimum Gasteiger partial charge on any atom is -0.324 e. The van der Waals surface area contributed by atoms with Crippen LogP contribution in [0, 0.1) is 11.8 Å². The smallest absolute Gasteiger partial charge is 0.321 e. The number of rotatable bonds is 4. The van der Waals surface area contributed by atoms with Crippen LogP contribution < -0.4 is 5.32 Å². The van der Waals surface area contributed by atoms with Crippen molar-refractivity contribution in [1.82, 2.24) is 9.21 Å². The van der Waals surface area contributed by atoms with Gasteiger partial charge in [-0.3, -0.25) is 0 Å². The number of nitrogens with one attached hydrogen (secondary N) is 1. The Labute approximate surface area is 166 Å². The summed E-state index contributed by atoms with van der Waals surface area (Å²) in [4.78, 5) is 14.3. The number of sulfonamides is 1. The van der Waals surface area contributed by atoms with Crippen LogP contribution >= 0.6 is 11.6 Å². The number of urea groups is 1. The van der Waals surface area contributed by atoms with Crippen LogP contribution in [0.1, 0.15) is 33.1 Å². The number of hydrogen-bond donors (Lipinski definition) is 1. The van der Waals surface area contributed by atoms with Crippen LogP contribution in [0.2, 0.25) is 5.02 Å². The van der Waals surface area contributed by atoms with Crippen LogP contribution in [0.3, 0.4) is 0 Å². The second-order valence-electron chi connectivity index (χ2n) is 7.86. The van der Waals surface area contributed by atoms with Crippen molar-refractivity contribution in [1.29, 1.82) is 0 Å². The maximum atomic E-state index is 12.9. The Morgan fingerprint density at radius 2 is 1.96 bits per heavy atom. The first-order chi connectivity index (χ1) is 12.8. The van der Waals surface area contributed by atoms with E-state index in [1.807, 2.05) is 6.07 Å². The molecule has 0 saturated carbocycles. The van der Waals surface area contributed by atoms with E-state index in [4.69, 9.17) is 11.6 Å². The van der Waals surface area contributed by atoms with Gasteiger partial charge in [0.05, 0.1) is 16.0 Å². The zero-order valence-electron chi connectivity index (χ0n) is 15.9. The Bertz CT molecular complexity index is 784.